The Balaban J connectivity index is 1.25. The number of para-hydroxylation sites is 1. The highest BCUT2D eigenvalue weighted by Gasteiger charge is 2.19. The third-order valence-corrected chi connectivity index (χ3v) is 10.1. The molecule has 6 aromatic rings. The molecule has 0 aliphatic heterocycles. The predicted molar refractivity (Wildman–Crippen MR) is 216 cm³/mol. The molecule has 1 N–H and O–H groups in total. The van der Waals surface area contributed by atoms with E-state index in [0.29, 0.717) is 0 Å². The highest BCUT2D eigenvalue weighted by molar-refractivity contribution is 6.12. The zero-order valence-electron chi connectivity index (χ0n) is 28.7. The molecule has 0 radical (unpaired) electrons. The maximum Gasteiger partial charge on any atom is 0.0544 e. The van der Waals surface area contributed by atoms with Gasteiger partial charge in [0.2, 0.25) is 0 Å². The number of fused-ring (bicyclic) bond motifs is 5. The monoisotopic (exact) mass is 646 g/mol. The van der Waals surface area contributed by atoms with E-state index in [2.05, 4.69) is 174 Å². The maximum absolute atomic E-state index is 4.41. The first-order valence-electron chi connectivity index (χ1n) is 17.8. The number of hydrogen-bond donors (Lipinski definition) is 1. The van der Waals surface area contributed by atoms with E-state index in [4.69, 9.17) is 0 Å². The minimum absolute atomic E-state index is 0.793. The van der Waals surface area contributed by atoms with Crippen molar-refractivity contribution >= 4 is 38.5 Å². The number of hydrogen-bond acceptors (Lipinski definition) is 1. The molecule has 2 aliphatic carbocycles. The van der Waals surface area contributed by atoms with Crippen molar-refractivity contribution in [2.24, 2.45) is 0 Å². The Morgan fingerprint density at radius 1 is 0.780 bits per heavy atom. The SMILES string of the molecule is C=C1/C=C\C=C/Cc2c1ccc1c2c2ccc(C/C=C(\CNC)c3cc(C4=CC=CCC4)cc(-c4ccccc4)c3)cc2n1-c1ccccc1. The molecule has 0 unspecified atom stereocenters. The molecule has 5 aromatic carbocycles. The summed E-state index contributed by atoms with van der Waals surface area (Å²) < 4.78 is 2.44. The van der Waals surface area contributed by atoms with Gasteiger partial charge in [0, 0.05) is 23.0 Å². The molecular formula is C48H42N2. The fraction of sp³-hybridized carbons (Fsp3) is 0.125. The fourth-order valence-corrected chi connectivity index (χ4v) is 7.61. The van der Waals surface area contributed by atoms with Crippen molar-refractivity contribution in [2.75, 3.05) is 13.6 Å². The standard InChI is InChI=1S/C48H42N2/c1-34-15-7-3-14-22-44-43(34)27-28-46-48(44)45-26-24-35(29-47(45)50(46)42-20-12-6-13-21-42)23-25-38(33-49-2)41-31-39(36-16-8-4-9-17-36)30-40(32-41)37-18-10-5-11-19-37/h3-10,12-18,20-21,24-32,49H,1,11,19,22-23,33H2,2H3/b14-3-,15-7-,38-25+. The molecule has 0 spiro atoms. The summed E-state index contributed by atoms with van der Waals surface area (Å²) in [7, 11) is 2.04. The van der Waals surface area contributed by atoms with Crippen molar-refractivity contribution in [1.29, 1.82) is 0 Å². The molecule has 50 heavy (non-hydrogen) atoms. The van der Waals surface area contributed by atoms with Gasteiger partial charge in [-0.25, -0.2) is 0 Å². The summed E-state index contributed by atoms with van der Waals surface area (Å²) in [5, 5.41) is 6.06. The van der Waals surface area contributed by atoms with Crippen LogP contribution in [-0.4, -0.2) is 18.2 Å². The lowest BCUT2D eigenvalue weighted by molar-refractivity contribution is 0.928. The van der Waals surface area contributed by atoms with Crippen LogP contribution in [0.4, 0.5) is 0 Å². The first-order chi connectivity index (χ1) is 24.7. The van der Waals surface area contributed by atoms with Crippen molar-refractivity contribution in [2.45, 2.75) is 25.7 Å². The number of nitrogens with zero attached hydrogens (tertiary/aromatic N) is 1. The Kier molecular flexibility index (Phi) is 8.86. The van der Waals surface area contributed by atoms with E-state index in [9.17, 15) is 0 Å². The number of likely N-dealkylation sites (N-methyl/N-ethyl adjacent to an activating group) is 1. The zero-order chi connectivity index (χ0) is 33.9. The lowest BCUT2D eigenvalue weighted by atomic mass is 9.90. The molecule has 0 atom stereocenters. The van der Waals surface area contributed by atoms with Crippen LogP contribution in [0.15, 0.2) is 164 Å². The molecule has 0 saturated carbocycles. The minimum Gasteiger partial charge on any atom is -0.316 e. The van der Waals surface area contributed by atoms with E-state index in [1.807, 2.05) is 7.05 Å². The van der Waals surface area contributed by atoms with Crippen LogP contribution in [0.25, 0.3) is 55.3 Å². The van der Waals surface area contributed by atoms with Gasteiger partial charge in [-0.05, 0) is 131 Å². The van der Waals surface area contributed by atoms with Crippen molar-refractivity contribution in [3.8, 4) is 16.8 Å². The molecule has 2 heteroatoms. The van der Waals surface area contributed by atoms with Crippen LogP contribution in [-0.2, 0) is 12.8 Å². The van der Waals surface area contributed by atoms with Crippen molar-refractivity contribution in [1.82, 2.24) is 9.88 Å². The summed E-state index contributed by atoms with van der Waals surface area (Å²) in [6.07, 6.45) is 21.6. The molecule has 2 nitrogen and oxygen atoms in total. The first-order valence-corrected chi connectivity index (χ1v) is 17.8. The number of nitrogens with one attached hydrogen (secondary N) is 1. The van der Waals surface area contributed by atoms with Crippen molar-refractivity contribution < 1.29 is 0 Å². The molecule has 8 rings (SSSR count). The van der Waals surface area contributed by atoms with Gasteiger partial charge in [-0.3, -0.25) is 0 Å². The van der Waals surface area contributed by atoms with Gasteiger partial charge in [-0.1, -0.05) is 122 Å². The topological polar surface area (TPSA) is 17.0 Å². The molecule has 0 saturated heterocycles. The van der Waals surface area contributed by atoms with E-state index in [1.165, 1.54) is 77.6 Å². The molecule has 0 bridgehead atoms. The number of benzene rings is 5. The van der Waals surface area contributed by atoms with Gasteiger partial charge in [0.15, 0.2) is 0 Å². The van der Waals surface area contributed by atoms with Crippen molar-refractivity contribution in [3.63, 3.8) is 0 Å². The van der Waals surface area contributed by atoms with Gasteiger partial charge < -0.3 is 9.88 Å². The Morgan fingerprint density at radius 3 is 2.40 bits per heavy atom. The van der Waals surface area contributed by atoms with Crippen LogP contribution in [0.3, 0.4) is 0 Å². The summed E-state index contributed by atoms with van der Waals surface area (Å²) >= 11 is 0. The largest absolute Gasteiger partial charge is 0.316 e. The molecular weight excluding hydrogens is 605 g/mol. The second-order valence-corrected chi connectivity index (χ2v) is 13.3. The Morgan fingerprint density at radius 2 is 1.60 bits per heavy atom. The van der Waals surface area contributed by atoms with E-state index in [-0.39, 0.29) is 0 Å². The first kappa shape index (κ1) is 31.6. The second kappa shape index (κ2) is 14.0. The normalized spacial score (nSPS) is 15.8. The molecule has 244 valence electrons. The third kappa shape index (κ3) is 6.15. The lowest BCUT2D eigenvalue weighted by Gasteiger charge is -2.16. The number of allylic oxidation sites excluding steroid dienone is 10. The highest BCUT2D eigenvalue weighted by atomic mass is 15.0. The molecule has 0 fully saturated rings. The van der Waals surface area contributed by atoms with Gasteiger partial charge in [-0.15, -0.1) is 0 Å². The number of aromatic nitrogens is 1. The average molecular weight is 647 g/mol. The summed E-state index contributed by atoms with van der Waals surface area (Å²) in [5.74, 6) is 0. The molecule has 1 heterocycles. The molecule has 2 aliphatic rings. The van der Waals surface area contributed by atoms with Crippen LogP contribution in [0.1, 0.15) is 40.7 Å². The van der Waals surface area contributed by atoms with Crippen LogP contribution in [0, 0.1) is 0 Å². The summed E-state index contributed by atoms with van der Waals surface area (Å²) in [6, 6.07) is 40.3. The molecule has 1 aromatic heterocycles. The summed E-state index contributed by atoms with van der Waals surface area (Å²) in [4.78, 5) is 0. The van der Waals surface area contributed by atoms with E-state index >= 15 is 0 Å². The summed E-state index contributed by atoms with van der Waals surface area (Å²) in [6.45, 7) is 5.21. The molecule has 0 amide bonds. The quantitative estimate of drug-likeness (QED) is 0.174. The van der Waals surface area contributed by atoms with E-state index in [1.54, 1.807) is 0 Å². The third-order valence-electron chi connectivity index (χ3n) is 10.1. The van der Waals surface area contributed by atoms with Crippen LogP contribution >= 0.6 is 0 Å². The Hall–Kier alpha value is -5.70. The van der Waals surface area contributed by atoms with E-state index < -0.39 is 0 Å². The predicted octanol–water partition coefficient (Wildman–Crippen LogP) is 11.7. The zero-order valence-corrected chi connectivity index (χ0v) is 28.7. The Bertz CT molecular complexity index is 2380. The fourth-order valence-electron chi connectivity index (χ4n) is 7.61. The van der Waals surface area contributed by atoms with E-state index in [0.717, 1.165) is 37.8 Å². The Labute approximate surface area is 295 Å². The van der Waals surface area contributed by atoms with Gasteiger partial charge in [0.05, 0.1) is 11.0 Å². The minimum atomic E-state index is 0.793. The van der Waals surface area contributed by atoms with Crippen LogP contribution in [0.2, 0.25) is 0 Å². The summed E-state index contributed by atoms with van der Waals surface area (Å²) in [5.41, 5.74) is 16.4. The number of rotatable bonds is 8. The van der Waals surface area contributed by atoms with Crippen molar-refractivity contribution in [3.05, 3.63) is 192 Å². The maximum atomic E-state index is 4.41. The average Bonchev–Trinajstić information content (AvgIpc) is 3.50. The smallest absolute Gasteiger partial charge is 0.0544 e. The van der Waals surface area contributed by atoms with Crippen LogP contribution < -0.4 is 5.32 Å². The van der Waals surface area contributed by atoms with Gasteiger partial charge in [0.25, 0.3) is 0 Å². The second-order valence-electron chi connectivity index (χ2n) is 13.3. The van der Waals surface area contributed by atoms with Crippen LogP contribution in [0.5, 0.6) is 0 Å². The van der Waals surface area contributed by atoms with Gasteiger partial charge in [0.1, 0.15) is 0 Å². The van der Waals surface area contributed by atoms with Gasteiger partial charge >= 0.3 is 0 Å². The lowest BCUT2D eigenvalue weighted by Crippen LogP contribution is -2.10. The highest BCUT2D eigenvalue weighted by Crippen LogP contribution is 2.39. The van der Waals surface area contributed by atoms with Gasteiger partial charge in [-0.2, -0.15) is 0 Å².